The van der Waals surface area contributed by atoms with Crippen molar-refractivity contribution in [2.24, 2.45) is 0 Å². The van der Waals surface area contributed by atoms with Gasteiger partial charge in [-0.3, -0.25) is 0 Å². The summed E-state index contributed by atoms with van der Waals surface area (Å²) in [6.07, 6.45) is 1.72. The molecule has 1 aromatic carbocycles. The summed E-state index contributed by atoms with van der Waals surface area (Å²) in [7, 11) is 0. The number of alkyl halides is 2. The molecule has 74 valence electrons. The van der Waals surface area contributed by atoms with E-state index in [2.05, 4.69) is 0 Å². The molecule has 0 aliphatic heterocycles. The normalized spacial score (nSPS) is 25.1. The van der Waals surface area contributed by atoms with Crippen molar-refractivity contribution in [2.45, 2.75) is 23.1 Å². The SMILES string of the molecule is O=CC1CC(C(Cl)Cl)c2ccccc21. The Morgan fingerprint density at radius 3 is 2.50 bits per heavy atom. The second-order valence-corrected chi connectivity index (χ2v) is 4.71. The molecule has 3 heteroatoms. The molecule has 0 aromatic heterocycles. The van der Waals surface area contributed by atoms with E-state index in [1.165, 1.54) is 0 Å². The lowest BCUT2D eigenvalue weighted by molar-refractivity contribution is -0.109. The van der Waals surface area contributed by atoms with Crippen molar-refractivity contribution >= 4 is 29.5 Å². The fourth-order valence-electron chi connectivity index (χ4n) is 2.08. The van der Waals surface area contributed by atoms with Gasteiger partial charge in [0.15, 0.2) is 0 Å². The molecule has 14 heavy (non-hydrogen) atoms. The molecule has 1 aliphatic rings. The van der Waals surface area contributed by atoms with E-state index < -0.39 is 4.84 Å². The molecule has 1 aromatic rings. The van der Waals surface area contributed by atoms with Crippen molar-refractivity contribution in [3.63, 3.8) is 0 Å². The zero-order chi connectivity index (χ0) is 10.1. The van der Waals surface area contributed by atoms with E-state index in [-0.39, 0.29) is 11.8 Å². The zero-order valence-corrected chi connectivity index (χ0v) is 9.00. The summed E-state index contributed by atoms with van der Waals surface area (Å²) in [5.74, 6) is 0.0703. The summed E-state index contributed by atoms with van der Waals surface area (Å²) in [6, 6.07) is 7.87. The van der Waals surface area contributed by atoms with E-state index in [0.717, 1.165) is 23.8 Å². The summed E-state index contributed by atoms with van der Waals surface area (Å²) < 4.78 is 0. The van der Waals surface area contributed by atoms with Crippen LogP contribution in [0.25, 0.3) is 0 Å². The first-order chi connectivity index (χ1) is 6.74. The minimum Gasteiger partial charge on any atom is -0.303 e. The molecule has 0 saturated heterocycles. The van der Waals surface area contributed by atoms with Gasteiger partial charge in [-0.1, -0.05) is 24.3 Å². The van der Waals surface area contributed by atoms with Crippen LogP contribution < -0.4 is 0 Å². The van der Waals surface area contributed by atoms with E-state index in [1.54, 1.807) is 0 Å². The van der Waals surface area contributed by atoms with Gasteiger partial charge in [0.05, 0.1) is 0 Å². The van der Waals surface area contributed by atoms with Crippen LogP contribution in [0.1, 0.15) is 29.4 Å². The average Bonchev–Trinajstić information content (AvgIpc) is 2.56. The van der Waals surface area contributed by atoms with Crippen LogP contribution in [0.5, 0.6) is 0 Å². The number of benzene rings is 1. The van der Waals surface area contributed by atoms with Gasteiger partial charge in [-0.25, -0.2) is 0 Å². The third kappa shape index (κ3) is 1.55. The van der Waals surface area contributed by atoms with Crippen molar-refractivity contribution in [2.75, 3.05) is 0 Å². The third-order valence-corrected chi connectivity index (χ3v) is 3.38. The Balaban J connectivity index is 2.43. The van der Waals surface area contributed by atoms with Gasteiger partial charge >= 0.3 is 0 Å². The number of hydrogen-bond donors (Lipinski definition) is 0. The van der Waals surface area contributed by atoms with Gasteiger partial charge in [-0.05, 0) is 17.5 Å². The maximum Gasteiger partial charge on any atom is 0.127 e. The van der Waals surface area contributed by atoms with Gasteiger partial charge in [-0.2, -0.15) is 0 Å². The summed E-state index contributed by atoms with van der Waals surface area (Å²) >= 11 is 11.8. The largest absolute Gasteiger partial charge is 0.303 e. The van der Waals surface area contributed by atoms with E-state index in [1.807, 2.05) is 24.3 Å². The van der Waals surface area contributed by atoms with Gasteiger partial charge in [0.2, 0.25) is 0 Å². The summed E-state index contributed by atoms with van der Waals surface area (Å²) in [4.78, 5) is 10.4. The lowest BCUT2D eigenvalue weighted by Crippen LogP contribution is -2.03. The molecule has 0 heterocycles. The molecule has 0 N–H and O–H groups in total. The van der Waals surface area contributed by atoms with Crippen LogP contribution in [-0.4, -0.2) is 11.1 Å². The number of carbonyl (C=O) groups excluding carboxylic acids is 1. The molecule has 0 spiro atoms. The number of fused-ring (bicyclic) bond motifs is 1. The highest BCUT2D eigenvalue weighted by molar-refractivity contribution is 6.44. The lowest BCUT2D eigenvalue weighted by Gasteiger charge is -2.11. The predicted molar refractivity (Wildman–Crippen MR) is 58.1 cm³/mol. The quantitative estimate of drug-likeness (QED) is 0.561. The number of rotatable bonds is 2. The lowest BCUT2D eigenvalue weighted by atomic mass is 10.0. The Morgan fingerprint density at radius 2 is 1.93 bits per heavy atom. The summed E-state index contributed by atoms with van der Waals surface area (Å²) in [5, 5.41) is 0. The fourth-order valence-corrected chi connectivity index (χ4v) is 2.56. The maximum atomic E-state index is 10.9. The Hall–Kier alpha value is -0.530. The number of halogens is 2. The monoisotopic (exact) mass is 228 g/mol. The second kappa shape index (κ2) is 3.92. The smallest absolute Gasteiger partial charge is 0.127 e. The molecule has 2 atom stereocenters. The molecule has 0 saturated carbocycles. The Labute approximate surface area is 93.0 Å². The highest BCUT2D eigenvalue weighted by Gasteiger charge is 2.33. The molecule has 0 amide bonds. The van der Waals surface area contributed by atoms with Crippen molar-refractivity contribution in [1.82, 2.24) is 0 Å². The third-order valence-electron chi connectivity index (χ3n) is 2.77. The molecule has 0 fully saturated rings. The molecule has 2 unspecified atom stereocenters. The van der Waals surface area contributed by atoms with E-state index >= 15 is 0 Å². The molecular weight excluding hydrogens is 219 g/mol. The Bertz CT molecular complexity index is 349. The van der Waals surface area contributed by atoms with E-state index in [9.17, 15) is 4.79 Å². The fraction of sp³-hybridized carbons (Fsp3) is 0.364. The van der Waals surface area contributed by atoms with Crippen LogP contribution >= 0.6 is 23.2 Å². The van der Waals surface area contributed by atoms with Crippen LogP contribution in [0.15, 0.2) is 24.3 Å². The Morgan fingerprint density at radius 1 is 1.29 bits per heavy atom. The van der Waals surface area contributed by atoms with Crippen LogP contribution in [0.4, 0.5) is 0 Å². The minimum absolute atomic E-state index is 0.0313. The molecular formula is C11H10Cl2O. The first-order valence-corrected chi connectivity index (χ1v) is 5.43. The van der Waals surface area contributed by atoms with Gasteiger partial charge in [0, 0.05) is 11.8 Å². The molecule has 0 bridgehead atoms. The van der Waals surface area contributed by atoms with Gasteiger partial charge in [0.1, 0.15) is 11.1 Å². The van der Waals surface area contributed by atoms with Gasteiger partial charge in [0.25, 0.3) is 0 Å². The summed E-state index contributed by atoms with van der Waals surface area (Å²) in [5.41, 5.74) is 2.21. The van der Waals surface area contributed by atoms with Crippen LogP contribution in [0.2, 0.25) is 0 Å². The highest BCUT2D eigenvalue weighted by atomic mass is 35.5. The highest BCUT2D eigenvalue weighted by Crippen LogP contribution is 2.44. The van der Waals surface area contributed by atoms with E-state index in [0.29, 0.717) is 0 Å². The van der Waals surface area contributed by atoms with E-state index in [4.69, 9.17) is 23.2 Å². The standard InChI is InChI=1S/C11H10Cl2O/c12-11(13)10-5-7(6-14)8-3-1-2-4-9(8)10/h1-4,6-7,10-11H,5H2. The van der Waals surface area contributed by atoms with Crippen LogP contribution in [-0.2, 0) is 4.79 Å². The maximum absolute atomic E-state index is 10.9. The summed E-state index contributed by atoms with van der Waals surface area (Å²) in [6.45, 7) is 0. The number of aldehydes is 1. The first kappa shape index (κ1) is 10.0. The van der Waals surface area contributed by atoms with Gasteiger partial charge in [-0.15, -0.1) is 23.2 Å². The molecule has 0 radical (unpaired) electrons. The first-order valence-electron chi connectivity index (χ1n) is 4.56. The molecule has 1 nitrogen and oxygen atoms in total. The predicted octanol–water partition coefficient (Wildman–Crippen LogP) is 3.26. The topological polar surface area (TPSA) is 17.1 Å². The average molecular weight is 229 g/mol. The molecule has 1 aliphatic carbocycles. The minimum atomic E-state index is -0.430. The van der Waals surface area contributed by atoms with Crippen molar-refractivity contribution in [1.29, 1.82) is 0 Å². The number of carbonyl (C=O) groups is 1. The van der Waals surface area contributed by atoms with Crippen molar-refractivity contribution < 1.29 is 4.79 Å². The van der Waals surface area contributed by atoms with Gasteiger partial charge < -0.3 is 4.79 Å². The zero-order valence-electron chi connectivity index (χ0n) is 7.49. The second-order valence-electron chi connectivity index (χ2n) is 3.55. The van der Waals surface area contributed by atoms with Crippen molar-refractivity contribution in [3.05, 3.63) is 35.4 Å². The van der Waals surface area contributed by atoms with Crippen LogP contribution in [0.3, 0.4) is 0 Å². The Kier molecular flexibility index (Phi) is 2.80. The molecule has 2 rings (SSSR count). The number of hydrogen-bond acceptors (Lipinski definition) is 1. The van der Waals surface area contributed by atoms with Crippen molar-refractivity contribution in [3.8, 4) is 0 Å². The van der Waals surface area contributed by atoms with Crippen LogP contribution in [0, 0.1) is 0 Å².